The highest BCUT2D eigenvalue weighted by Crippen LogP contribution is 2.17. The first-order valence-electron chi connectivity index (χ1n) is 6.45. The van der Waals surface area contributed by atoms with Crippen LogP contribution in [0.25, 0.3) is 0 Å². The SMILES string of the molecule is Cc1cc(Cl)cc(Cl)c1.NC(=O)c1ccc(C(=O)O)cc1C(=O)O. The number of hydrogen-bond acceptors (Lipinski definition) is 3. The maximum Gasteiger partial charge on any atom is 0.336 e. The van der Waals surface area contributed by atoms with Crippen molar-refractivity contribution < 1.29 is 24.6 Å². The first kappa shape index (κ1) is 19.5. The lowest BCUT2D eigenvalue weighted by atomic mass is 10.0. The summed E-state index contributed by atoms with van der Waals surface area (Å²) >= 11 is 11.3. The van der Waals surface area contributed by atoms with Crippen LogP contribution in [0.5, 0.6) is 0 Å². The monoisotopic (exact) mass is 369 g/mol. The fraction of sp³-hybridized carbons (Fsp3) is 0.0625. The number of aryl methyl sites for hydroxylation is 1. The Hall–Kier alpha value is -2.57. The van der Waals surface area contributed by atoms with Crippen LogP contribution in [0.2, 0.25) is 10.0 Å². The molecule has 4 N–H and O–H groups in total. The third-order valence-electron chi connectivity index (χ3n) is 2.77. The maximum absolute atomic E-state index is 10.8. The highest BCUT2D eigenvalue weighted by atomic mass is 35.5. The van der Waals surface area contributed by atoms with Gasteiger partial charge in [0.1, 0.15) is 0 Å². The minimum Gasteiger partial charge on any atom is -0.478 e. The molecule has 0 atom stereocenters. The van der Waals surface area contributed by atoms with Crippen molar-refractivity contribution in [2.24, 2.45) is 5.73 Å². The number of rotatable bonds is 3. The molecule has 0 aliphatic heterocycles. The Labute approximate surface area is 147 Å². The first-order valence-corrected chi connectivity index (χ1v) is 7.20. The van der Waals surface area contributed by atoms with Crippen molar-refractivity contribution in [2.75, 3.05) is 0 Å². The molecule has 24 heavy (non-hydrogen) atoms. The van der Waals surface area contributed by atoms with E-state index in [-0.39, 0.29) is 11.1 Å². The van der Waals surface area contributed by atoms with Crippen LogP contribution in [0.4, 0.5) is 0 Å². The van der Waals surface area contributed by atoms with Gasteiger partial charge in [0.2, 0.25) is 5.91 Å². The summed E-state index contributed by atoms with van der Waals surface area (Å²) in [7, 11) is 0. The molecule has 2 aromatic carbocycles. The van der Waals surface area contributed by atoms with Crippen molar-refractivity contribution >= 4 is 41.0 Å². The number of carboxylic acids is 2. The molecule has 8 heteroatoms. The normalized spacial score (nSPS) is 9.62. The average molecular weight is 370 g/mol. The lowest BCUT2D eigenvalue weighted by molar-refractivity contribution is 0.0692. The van der Waals surface area contributed by atoms with E-state index in [2.05, 4.69) is 0 Å². The molecule has 0 aliphatic rings. The molecule has 126 valence electrons. The lowest BCUT2D eigenvalue weighted by Gasteiger charge is -2.02. The zero-order chi connectivity index (χ0) is 18.4. The summed E-state index contributed by atoms with van der Waals surface area (Å²) in [6.07, 6.45) is 0. The van der Waals surface area contributed by atoms with Gasteiger partial charge in [0, 0.05) is 10.0 Å². The van der Waals surface area contributed by atoms with Gasteiger partial charge in [-0.15, -0.1) is 0 Å². The number of primary amides is 1. The molecule has 0 aromatic heterocycles. The molecule has 6 nitrogen and oxygen atoms in total. The molecule has 2 aromatic rings. The maximum atomic E-state index is 10.8. The van der Waals surface area contributed by atoms with E-state index in [0.717, 1.165) is 23.8 Å². The number of amides is 1. The van der Waals surface area contributed by atoms with Crippen LogP contribution in [-0.2, 0) is 0 Å². The van der Waals surface area contributed by atoms with E-state index >= 15 is 0 Å². The molecule has 2 rings (SSSR count). The van der Waals surface area contributed by atoms with Gasteiger partial charge in [-0.25, -0.2) is 9.59 Å². The highest BCUT2D eigenvalue weighted by Gasteiger charge is 2.16. The fourth-order valence-corrected chi connectivity index (χ4v) is 2.40. The molecule has 0 saturated carbocycles. The number of halogens is 2. The number of hydrogen-bond donors (Lipinski definition) is 3. The molecule has 0 heterocycles. The minimum absolute atomic E-state index is 0.211. The van der Waals surface area contributed by atoms with Crippen molar-refractivity contribution in [2.45, 2.75) is 6.92 Å². The average Bonchev–Trinajstić information content (AvgIpc) is 2.45. The van der Waals surface area contributed by atoms with E-state index < -0.39 is 23.4 Å². The summed E-state index contributed by atoms with van der Waals surface area (Å²) in [5.41, 5.74) is 5.18. The second-order valence-electron chi connectivity index (χ2n) is 4.68. The number of nitrogens with two attached hydrogens (primary N) is 1. The summed E-state index contributed by atoms with van der Waals surface area (Å²) in [6, 6.07) is 8.55. The Balaban J connectivity index is 0.000000272. The van der Waals surface area contributed by atoms with Crippen LogP contribution in [0.1, 0.15) is 36.6 Å². The van der Waals surface area contributed by atoms with E-state index in [1.807, 2.05) is 19.1 Å². The standard InChI is InChI=1S/C9H7NO5.C7H6Cl2/c10-7(11)5-2-1-4(8(12)13)3-6(5)9(14)15;1-5-2-6(8)4-7(9)3-5/h1-3H,(H2,10,11)(H,12,13)(H,14,15);2-4H,1H3. The molecule has 0 radical (unpaired) electrons. The molecule has 0 saturated heterocycles. The Morgan fingerprint density at radius 1 is 0.875 bits per heavy atom. The molecular weight excluding hydrogens is 357 g/mol. The Bertz CT molecular complexity index is 755. The van der Waals surface area contributed by atoms with Gasteiger partial charge in [0.25, 0.3) is 0 Å². The molecule has 0 aliphatic carbocycles. The lowest BCUT2D eigenvalue weighted by Crippen LogP contribution is -2.17. The van der Waals surface area contributed by atoms with Crippen LogP contribution in [0.3, 0.4) is 0 Å². The largest absolute Gasteiger partial charge is 0.478 e. The number of carbonyl (C=O) groups excluding carboxylic acids is 1. The number of carbonyl (C=O) groups is 3. The van der Waals surface area contributed by atoms with Gasteiger partial charge in [-0.05, 0) is 48.9 Å². The molecule has 0 fully saturated rings. The van der Waals surface area contributed by atoms with Gasteiger partial charge < -0.3 is 15.9 Å². The molecule has 0 unspecified atom stereocenters. The van der Waals surface area contributed by atoms with E-state index in [9.17, 15) is 14.4 Å². The van der Waals surface area contributed by atoms with Crippen molar-refractivity contribution in [1.82, 2.24) is 0 Å². The number of benzene rings is 2. The summed E-state index contributed by atoms with van der Waals surface area (Å²) < 4.78 is 0. The zero-order valence-electron chi connectivity index (χ0n) is 12.4. The van der Waals surface area contributed by atoms with Crippen LogP contribution in [0, 0.1) is 6.92 Å². The highest BCUT2D eigenvalue weighted by molar-refractivity contribution is 6.34. The second-order valence-corrected chi connectivity index (χ2v) is 5.55. The predicted molar refractivity (Wildman–Crippen MR) is 90.1 cm³/mol. The van der Waals surface area contributed by atoms with Gasteiger partial charge in [-0.1, -0.05) is 23.2 Å². The van der Waals surface area contributed by atoms with Gasteiger partial charge in [0.05, 0.1) is 16.7 Å². The third-order valence-corrected chi connectivity index (χ3v) is 3.21. The Morgan fingerprint density at radius 3 is 1.79 bits per heavy atom. The topological polar surface area (TPSA) is 118 Å². The number of carboxylic acid groups (broad SMARTS) is 2. The van der Waals surface area contributed by atoms with Crippen molar-refractivity contribution in [3.8, 4) is 0 Å². The van der Waals surface area contributed by atoms with Gasteiger partial charge in [0.15, 0.2) is 0 Å². The molecular formula is C16H13Cl2NO5. The fourth-order valence-electron chi connectivity index (χ4n) is 1.76. The van der Waals surface area contributed by atoms with Crippen LogP contribution in [-0.4, -0.2) is 28.1 Å². The summed E-state index contributed by atoms with van der Waals surface area (Å²) in [5, 5.41) is 18.7. The first-order chi connectivity index (χ1) is 11.1. The summed E-state index contributed by atoms with van der Waals surface area (Å²) in [5.74, 6) is -3.58. The zero-order valence-corrected chi connectivity index (χ0v) is 13.9. The van der Waals surface area contributed by atoms with E-state index in [1.54, 1.807) is 6.07 Å². The molecule has 0 bridgehead atoms. The van der Waals surface area contributed by atoms with Crippen LogP contribution >= 0.6 is 23.2 Å². The van der Waals surface area contributed by atoms with Crippen molar-refractivity contribution in [1.29, 1.82) is 0 Å². The third kappa shape index (κ3) is 5.57. The van der Waals surface area contributed by atoms with Crippen molar-refractivity contribution in [3.05, 3.63) is 68.7 Å². The van der Waals surface area contributed by atoms with Crippen LogP contribution in [0.15, 0.2) is 36.4 Å². The van der Waals surface area contributed by atoms with E-state index in [1.165, 1.54) is 0 Å². The second kappa shape index (κ2) is 8.33. The van der Waals surface area contributed by atoms with E-state index in [0.29, 0.717) is 10.0 Å². The van der Waals surface area contributed by atoms with Gasteiger partial charge in [-0.3, -0.25) is 4.79 Å². The summed E-state index contributed by atoms with van der Waals surface area (Å²) in [6.45, 7) is 1.96. The van der Waals surface area contributed by atoms with Gasteiger partial charge >= 0.3 is 11.9 Å². The van der Waals surface area contributed by atoms with Crippen molar-refractivity contribution in [3.63, 3.8) is 0 Å². The predicted octanol–water partition coefficient (Wildman–Crippen LogP) is 3.48. The Morgan fingerprint density at radius 2 is 1.42 bits per heavy atom. The van der Waals surface area contributed by atoms with Crippen LogP contribution < -0.4 is 5.73 Å². The number of aromatic carboxylic acids is 2. The minimum atomic E-state index is -1.40. The summed E-state index contributed by atoms with van der Waals surface area (Å²) in [4.78, 5) is 32.1. The van der Waals surface area contributed by atoms with Gasteiger partial charge in [-0.2, -0.15) is 0 Å². The van der Waals surface area contributed by atoms with E-state index in [4.69, 9.17) is 39.1 Å². The molecule has 1 amide bonds. The Kier molecular flexibility index (Phi) is 6.76. The smallest absolute Gasteiger partial charge is 0.336 e. The molecule has 0 spiro atoms. The quantitative estimate of drug-likeness (QED) is 0.765.